The maximum atomic E-state index is 13.6. The summed E-state index contributed by atoms with van der Waals surface area (Å²) in [4.78, 5) is 0. The highest BCUT2D eigenvalue weighted by Crippen LogP contribution is 2.25. The molecule has 2 aromatic rings. The number of benzene rings is 1. The van der Waals surface area contributed by atoms with Crippen molar-refractivity contribution in [2.45, 2.75) is 19.4 Å². The molecule has 0 aliphatic rings. The van der Waals surface area contributed by atoms with Crippen molar-refractivity contribution in [1.29, 1.82) is 0 Å². The lowest BCUT2D eigenvalue weighted by molar-refractivity contribution is 0.148. The van der Waals surface area contributed by atoms with E-state index in [4.69, 9.17) is 16.0 Å². The normalized spacial score (nSPS) is 12.7. The molecule has 0 aliphatic carbocycles. The van der Waals surface area contributed by atoms with Crippen molar-refractivity contribution in [2.24, 2.45) is 0 Å². The van der Waals surface area contributed by atoms with Crippen LogP contribution in [-0.2, 0) is 6.42 Å². The summed E-state index contributed by atoms with van der Waals surface area (Å²) in [5.74, 6) is -0.0261. The molecule has 90 valence electrons. The first kappa shape index (κ1) is 12.1. The van der Waals surface area contributed by atoms with Crippen LogP contribution >= 0.6 is 11.6 Å². The molecule has 0 saturated carbocycles. The molecule has 1 N–H and O–H groups in total. The van der Waals surface area contributed by atoms with Gasteiger partial charge in [-0.15, -0.1) is 0 Å². The van der Waals surface area contributed by atoms with Crippen LogP contribution in [0.15, 0.2) is 34.9 Å². The second-order valence-electron chi connectivity index (χ2n) is 3.90. The third-order valence-electron chi connectivity index (χ3n) is 2.65. The fraction of sp³-hybridized carbons (Fsp3) is 0.231. The van der Waals surface area contributed by atoms with Gasteiger partial charge in [0.25, 0.3) is 0 Å². The van der Waals surface area contributed by atoms with Gasteiger partial charge in [0.05, 0.1) is 11.3 Å². The van der Waals surface area contributed by atoms with E-state index in [1.165, 1.54) is 12.3 Å². The number of aliphatic hydroxyl groups is 1. The molecule has 2 rings (SSSR count). The number of rotatable bonds is 3. The minimum absolute atomic E-state index is 0.0610. The van der Waals surface area contributed by atoms with Gasteiger partial charge in [0.2, 0.25) is 0 Å². The lowest BCUT2D eigenvalue weighted by Gasteiger charge is -2.10. The Labute approximate surface area is 104 Å². The fourth-order valence-electron chi connectivity index (χ4n) is 1.73. The van der Waals surface area contributed by atoms with Crippen molar-refractivity contribution >= 4 is 11.6 Å². The van der Waals surface area contributed by atoms with Gasteiger partial charge in [0.15, 0.2) is 0 Å². The molecule has 0 radical (unpaired) electrons. The van der Waals surface area contributed by atoms with Crippen LogP contribution in [0, 0.1) is 12.7 Å². The monoisotopic (exact) mass is 254 g/mol. The Morgan fingerprint density at radius 1 is 1.41 bits per heavy atom. The van der Waals surface area contributed by atoms with Crippen LogP contribution in [-0.4, -0.2) is 5.11 Å². The number of halogens is 2. The Bertz CT molecular complexity index is 522. The molecule has 0 amide bonds. The predicted molar refractivity (Wildman–Crippen MR) is 63.5 cm³/mol. The zero-order valence-electron chi connectivity index (χ0n) is 9.28. The summed E-state index contributed by atoms with van der Waals surface area (Å²) in [6, 6.07) is 6.49. The first-order valence-electron chi connectivity index (χ1n) is 5.24. The summed E-state index contributed by atoms with van der Waals surface area (Å²) in [5.41, 5.74) is 1.22. The summed E-state index contributed by atoms with van der Waals surface area (Å²) in [6.07, 6.45) is 0.779. The second kappa shape index (κ2) is 4.90. The summed E-state index contributed by atoms with van der Waals surface area (Å²) in [7, 11) is 0. The number of aryl methyl sites for hydroxylation is 1. The van der Waals surface area contributed by atoms with Crippen molar-refractivity contribution in [2.75, 3.05) is 0 Å². The highest BCUT2D eigenvalue weighted by Gasteiger charge is 2.17. The van der Waals surface area contributed by atoms with Crippen LogP contribution in [0.25, 0.3) is 0 Å². The number of hydrogen-bond donors (Lipinski definition) is 1. The second-order valence-corrected chi connectivity index (χ2v) is 4.31. The standard InChI is InChI=1S/C13H12ClFO2/c1-8-5-6-17-13(8)11(16)7-9-3-2-4-10(14)12(9)15/h2-6,11,16H,7H2,1H3. The lowest BCUT2D eigenvalue weighted by Crippen LogP contribution is -2.04. The molecule has 0 spiro atoms. The van der Waals surface area contributed by atoms with Crippen molar-refractivity contribution < 1.29 is 13.9 Å². The van der Waals surface area contributed by atoms with Gasteiger partial charge in [-0.3, -0.25) is 0 Å². The van der Waals surface area contributed by atoms with E-state index in [9.17, 15) is 9.50 Å². The van der Waals surface area contributed by atoms with E-state index in [0.29, 0.717) is 11.3 Å². The summed E-state index contributed by atoms with van der Waals surface area (Å²) < 4.78 is 18.8. The Morgan fingerprint density at radius 2 is 2.18 bits per heavy atom. The average molecular weight is 255 g/mol. The Morgan fingerprint density at radius 3 is 2.82 bits per heavy atom. The molecular weight excluding hydrogens is 243 g/mol. The number of hydrogen-bond acceptors (Lipinski definition) is 2. The smallest absolute Gasteiger partial charge is 0.145 e. The van der Waals surface area contributed by atoms with Gasteiger partial charge >= 0.3 is 0 Å². The Balaban J connectivity index is 2.22. The molecule has 0 bridgehead atoms. The van der Waals surface area contributed by atoms with E-state index in [-0.39, 0.29) is 11.4 Å². The minimum atomic E-state index is -0.863. The number of aliphatic hydroxyl groups excluding tert-OH is 1. The highest BCUT2D eigenvalue weighted by molar-refractivity contribution is 6.30. The van der Waals surface area contributed by atoms with Gasteiger partial charge in [0.1, 0.15) is 17.7 Å². The minimum Gasteiger partial charge on any atom is -0.466 e. The van der Waals surface area contributed by atoms with Crippen molar-refractivity contribution in [3.8, 4) is 0 Å². The molecule has 4 heteroatoms. The molecule has 0 fully saturated rings. The van der Waals surface area contributed by atoms with E-state index in [0.717, 1.165) is 5.56 Å². The molecule has 1 unspecified atom stereocenters. The van der Waals surface area contributed by atoms with Crippen molar-refractivity contribution in [3.05, 3.63) is 58.3 Å². The average Bonchev–Trinajstić information content (AvgIpc) is 2.71. The van der Waals surface area contributed by atoms with E-state index in [1.54, 1.807) is 18.2 Å². The van der Waals surface area contributed by atoms with Crippen LogP contribution in [0.5, 0.6) is 0 Å². The zero-order valence-corrected chi connectivity index (χ0v) is 10.0. The van der Waals surface area contributed by atoms with Gasteiger partial charge < -0.3 is 9.52 Å². The van der Waals surface area contributed by atoms with Gasteiger partial charge in [-0.25, -0.2) is 4.39 Å². The summed E-state index contributed by atoms with van der Waals surface area (Å²) in [6.45, 7) is 1.83. The zero-order chi connectivity index (χ0) is 12.4. The van der Waals surface area contributed by atoms with E-state index >= 15 is 0 Å². The Hall–Kier alpha value is -1.32. The first-order valence-corrected chi connectivity index (χ1v) is 5.62. The predicted octanol–water partition coefficient (Wildman–Crippen LogP) is 3.66. The topological polar surface area (TPSA) is 33.4 Å². The maximum absolute atomic E-state index is 13.6. The molecule has 0 aliphatic heterocycles. The number of furan rings is 1. The lowest BCUT2D eigenvalue weighted by atomic mass is 10.0. The fourth-order valence-corrected chi connectivity index (χ4v) is 1.93. The summed E-state index contributed by atoms with van der Waals surface area (Å²) >= 11 is 5.67. The highest BCUT2D eigenvalue weighted by atomic mass is 35.5. The quantitative estimate of drug-likeness (QED) is 0.907. The molecule has 1 aromatic heterocycles. The van der Waals surface area contributed by atoms with E-state index < -0.39 is 11.9 Å². The van der Waals surface area contributed by atoms with Gasteiger partial charge in [-0.05, 0) is 30.2 Å². The molecular formula is C13H12ClFO2. The third-order valence-corrected chi connectivity index (χ3v) is 2.94. The van der Waals surface area contributed by atoms with Gasteiger partial charge in [-0.2, -0.15) is 0 Å². The van der Waals surface area contributed by atoms with Crippen molar-refractivity contribution in [3.63, 3.8) is 0 Å². The summed E-state index contributed by atoms with van der Waals surface area (Å²) in [5, 5.41) is 10.0. The van der Waals surface area contributed by atoms with E-state index in [1.807, 2.05) is 6.92 Å². The molecule has 1 aromatic carbocycles. The first-order chi connectivity index (χ1) is 8.09. The molecule has 1 heterocycles. The molecule has 1 atom stereocenters. The van der Waals surface area contributed by atoms with Crippen LogP contribution in [0.1, 0.15) is 23.0 Å². The van der Waals surface area contributed by atoms with Gasteiger partial charge in [0, 0.05) is 6.42 Å². The van der Waals surface area contributed by atoms with Gasteiger partial charge in [-0.1, -0.05) is 23.7 Å². The largest absolute Gasteiger partial charge is 0.466 e. The SMILES string of the molecule is Cc1ccoc1C(O)Cc1cccc(Cl)c1F. The molecule has 0 saturated heterocycles. The van der Waals surface area contributed by atoms with Crippen LogP contribution < -0.4 is 0 Å². The van der Waals surface area contributed by atoms with Crippen LogP contribution in [0.4, 0.5) is 4.39 Å². The van der Waals surface area contributed by atoms with Crippen LogP contribution in [0.3, 0.4) is 0 Å². The maximum Gasteiger partial charge on any atom is 0.145 e. The molecule has 17 heavy (non-hydrogen) atoms. The molecule has 2 nitrogen and oxygen atoms in total. The Kier molecular flexibility index (Phi) is 3.50. The van der Waals surface area contributed by atoms with Crippen molar-refractivity contribution in [1.82, 2.24) is 0 Å². The van der Waals surface area contributed by atoms with E-state index in [2.05, 4.69) is 0 Å². The van der Waals surface area contributed by atoms with Crippen LogP contribution in [0.2, 0.25) is 5.02 Å². The third kappa shape index (κ3) is 2.51.